The first kappa shape index (κ1) is 18.6. The Balaban J connectivity index is 1.57. The van der Waals surface area contributed by atoms with E-state index in [9.17, 15) is 9.59 Å². The van der Waals surface area contributed by atoms with Crippen molar-refractivity contribution in [2.45, 2.75) is 46.5 Å². The summed E-state index contributed by atoms with van der Waals surface area (Å²) in [5, 5.41) is 5.65. The molecule has 1 aliphatic carbocycles. The lowest BCUT2D eigenvalue weighted by molar-refractivity contribution is -0.115. The molecule has 0 radical (unpaired) electrons. The van der Waals surface area contributed by atoms with Crippen LogP contribution in [0.4, 0.5) is 5.69 Å². The van der Waals surface area contributed by atoms with Gasteiger partial charge in [-0.15, -0.1) is 11.3 Å². The van der Waals surface area contributed by atoms with E-state index in [0.29, 0.717) is 4.88 Å². The maximum Gasteiger partial charge on any atom is 0.261 e. The van der Waals surface area contributed by atoms with Crippen LogP contribution in [-0.2, 0) is 17.6 Å². The SMILES string of the molecule is CC[C@H]1CCc2sc(C(=O)NCC(=O)Nc3c(C)cccc3C)cc2C1. The van der Waals surface area contributed by atoms with Gasteiger partial charge in [0.1, 0.15) is 0 Å². The Bertz CT molecular complexity index is 805. The van der Waals surface area contributed by atoms with Crippen LogP contribution in [-0.4, -0.2) is 18.4 Å². The Kier molecular flexibility index (Phi) is 5.77. The van der Waals surface area contributed by atoms with Crippen molar-refractivity contribution in [2.75, 3.05) is 11.9 Å². The molecule has 0 aliphatic heterocycles. The lowest BCUT2D eigenvalue weighted by atomic mass is 9.87. The maximum atomic E-state index is 12.4. The fourth-order valence-corrected chi connectivity index (χ4v) is 4.63. The maximum absolute atomic E-state index is 12.4. The Morgan fingerprint density at radius 2 is 1.96 bits per heavy atom. The van der Waals surface area contributed by atoms with Crippen LogP contribution >= 0.6 is 11.3 Å². The first-order chi connectivity index (χ1) is 12.5. The van der Waals surface area contributed by atoms with Gasteiger partial charge in [-0.25, -0.2) is 0 Å². The van der Waals surface area contributed by atoms with Crippen molar-refractivity contribution >= 4 is 28.8 Å². The summed E-state index contributed by atoms with van der Waals surface area (Å²) in [7, 11) is 0. The number of aryl methyl sites for hydroxylation is 3. The lowest BCUT2D eigenvalue weighted by Gasteiger charge is -2.19. The first-order valence-corrected chi connectivity index (χ1v) is 10.1. The smallest absolute Gasteiger partial charge is 0.261 e. The topological polar surface area (TPSA) is 58.2 Å². The van der Waals surface area contributed by atoms with Gasteiger partial charge in [0.05, 0.1) is 11.4 Å². The second-order valence-corrected chi connectivity index (χ2v) is 8.21. The molecule has 1 aromatic carbocycles. The fourth-order valence-electron chi connectivity index (χ4n) is 3.50. The van der Waals surface area contributed by atoms with Crippen LogP contribution in [0.2, 0.25) is 0 Å². The summed E-state index contributed by atoms with van der Waals surface area (Å²) in [6, 6.07) is 7.90. The zero-order chi connectivity index (χ0) is 18.7. The van der Waals surface area contributed by atoms with E-state index in [2.05, 4.69) is 17.6 Å². The molecule has 0 saturated carbocycles. The number of nitrogens with one attached hydrogen (secondary N) is 2. The number of hydrogen-bond acceptors (Lipinski definition) is 3. The monoisotopic (exact) mass is 370 g/mol. The third-order valence-corrected chi connectivity index (χ3v) is 6.38. The van der Waals surface area contributed by atoms with E-state index in [1.54, 1.807) is 11.3 Å². The van der Waals surface area contributed by atoms with E-state index >= 15 is 0 Å². The highest BCUT2D eigenvalue weighted by atomic mass is 32.1. The minimum Gasteiger partial charge on any atom is -0.342 e. The highest BCUT2D eigenvalue weighted by Gasteiger charge is 2.22. The quantitative estimate of drug-likeness (QED) is 0.827. The summed E-state index contributed by atoms with van der Waals surface area (Å²) in [6.07, 6.45) is 4.54. The van der Waals surface area contributed by atoms with Crippen molar-refractivity contribution in [2.24, 2.45) is 5.92 Å². The van der Waals surface area contributed by atoms with Crippen molar-refractivity contribution in [3.63, 3.8) is 0 Å². The summed E-state index contributed by atoms with van der Waals surface area (Å²) in [6.45, 7) is 6.12. The predicted octanol–water partition coefficient (Wildman–Crippen LogP) is 4.25. The van der Waals surface area contributed by atoms with Gasteiger partial charge in [-0.05, 0) is 61.8 Å². The van der Waals surface area contributed by atoms with Gasteiger partial charge in [-0.3, -0.25) is 9.59 Å². The molecule has 0 spiro atoms. The van der Waals surface area contributed by atoms with E-state index in [1.165, 1.54) is 23.3 Å². The normalized spacial score (nSPS) is 16.0. The number of thiophene rings is 1. The van der Waals surface area contributed by atoms with Crippen molar-refractivity contribution in [1.82, 2.24) is 5.32 Å². The van der Waals surface area contributed by atoms with Crippen LogP contribution in [0.15, 0.2) is 24.3 Å². The Morgan fingerprint density at radius 1 is 1.23 bits per heavy atom. The first-order valence-electron chi connectivity index (χ1n) is 9.23. The van der Waals surface area contributed by atoms with Crippen LogP contribution in [0.5, 0.6) is 0 Å². The Morgan fingerprint density at radius 3 is 2.65 bits per heavy atom. The van der Waals surface area contributed by atoms with Crippen LogP contribution in [0, 0.1) is 19.8 Å². The third-order valence-electron chi connectivity index (χ3n) is 5.14. The molecule has 0 saturated heterocycles. The molecule has 138 valence electrons. The van der Waals surface area contributed by atoms with E-state index in [1.807, 2.05) is 38.1 Å². The zero-order valence-corrected chi connectivity index (χ0v) is 16.5. The molecule has 1 atom stereocenters. The summed E-state index contributed by atoms with van der Waals surface area (Å²) in [5.41, 5.74) is 4.17. The van der Waals surface area contributed by atoms with Crippen molar-refractivity contribution in [3.05, 3.63) is 50.7 Å². The highest BCUT2D eigenvalue weighted by Crippen LogP contribution is 2.33. The standard InChI is InChI=1S/C21H26N2O2S/c1-4-15-8-9-17-16(10-15)11-18(26-17)21(25)22-12-19(24)23-20-13(2)6-5-7-14(20)3/h5-7,11,15H,4,8-10,12H2,1-3H3,(H,22,25)(H,23,24)/t15-/m0/s1. The van der Waals surface area contributed by atoms with E-state index in [-0.39, 0.29) is 18.4 Å². The van der Waals surface area contributed by atoms with E-state index in [4.69, 9.17) is 0 Å². The molecule has 1 aliphatic rings. The molecule has 0 fully saturated rings. The van der Waals surface area contributed by atoms with Crippen molar-refractivity contribution in [1.29, 1.82) is 0 Å². The lowest BCUT2D eigenvalue weighted by Crippen LogP contribution is -2.32. The number of benzene rings is 1. The van der Waals surface area contributed by atoms with Crippen LogP contribution < -0.4 is 10.6 Å². The number of hydrogen-bond donors (Lipinski definition) is 2. The Labute approximate surface area is 159 Å². The van der Waals surface area contributed by atoms with Gasteiger partial charge in [0.25, 0.3) is 5.91 Å². The van der Waals surface area contributed by atoms with Gasteiger partial charge < -0.3 is 10.6 Å². The molecule has 1 aromatic heterocycles. The van der Waals surface area contributed by atoms with Gasteiger partial charge in [0, 0.05) is 10.6 Å². The number of amides is 2. The molecule has 2 amide bonds. The largest absolute Gasteiger partial charge is 0.342 e. The molecule has 5 heteroatoms. The summed E-state index contributed by atoms with van der Waals surface area (Å²) in [4.78, 5) is 26.7. The average Bonchev–Trinajstić information content (AvgIpc) is 3.06. The second-order valence-electron chi connectivity index (χ2n) is 7.07. The van der Waals surface area contributed by atoms with Crippen molar-refractivity contribution < 1.29 is 9.59 Å². The third kappa shape index (κ3) is 4.15. The minimum atomic E-state index is -0.205. The molecule has 3 rings (SSSR count). The number of carbonyl (C=O) groups excluding carboxylic acids is 2. The molecular weight excluding hydrogens is 344 g/mol. The van der Waals surface area contributed by atoms with Crippen molar-refractivity contribution in [3.8, 4) is 0 Å². The number of carbonyl (C=O) groups is 2. The van der Waals surface area contributed by atoms with Gasteiger partial charge >= 0.3 is 0 Å². The molecule has 2 aromatic rings. The molecule has 1 heterocycles. The predicted molar refractivity (Wildman–Crippen MR) is 107 cm³/mol. The number of para-hydroxylation sites is 1. The minimum absolute atomic E-state index is 0.0211. The van der Waals surface area contributed by atoms with Gasteiger partial charge in [0.2, 0.25) is 5.91 Å². The fraction of sp³-hybridized carbons (Fsp3) is 0.429. The highest BCUT2D eigenvalue weighted by molar-refractivity contribution is 7.14. The number of fused-ring (bicyclic) bond motifs is 1. The molecule has 4 nitrogen and oxygen atoms in total. The molecule has 2 N–H and O–H groups in total. The summed E-state index contributed by atoms with van der Waals surface area (Å²) >= 11 is 1.57. The van der Waals surface area contributed by atoms with Gasteiger partial charge in [-0.1, -0.05) is 31.5 Å². The molecular formula is C21H26N2O2S. The molecule has 26 heavy (non-hydrogen) atoms. The molecule has 0 bridgehead atoms. The second kappa shape index (κ2) is 8.04. The zero-order valence-electron chi connectivity index (χ0n) is 15.6. The summed E-state index contributed by atoms with van der Waals surface area (Å²) < 4.78 is 0. The van der Waals surface area contributed by atoms with Crippen LogP contribution in [0.1, 0.15) is 51.0 Å². The summed E-state index contributed by atoms with van der Waals surface area (Å²) in [5.74, 6) is 0.369. The molecule has 0 unspecified atom stereocenters. The van der Waals surface area contributed by atoms with Gasteiger partial charge in [0.15, 0.2) is 0 Å². The van der Waals surface area contributed by atoms with E-state index in [0.717, 1.165) is 35.6 Å². The van der Waals surface area contributed by atoms with E-state index < -0.39 is 0 Å². The van der Waals surface area contributed by atoms with Gasteiger partial charge in [-0.2, -0.15) is 0 Å². The van der Waals surface area contributed by atoms with Crippen LogP contribution in [0.3, 0.4) is 0 Å². The number of rotatable bonds is 5. The van der Waals surface area contributed by atoms with Crippen LogP contribution in [0.25, 0.3) is 0 Å². The average molecular weight is 371 g/mol. The Hall–Kier alpha value is -2.14. The number of anilines is 1.